The van der Waals surface area contributed by atoms with Crippen molar-refractivity contribution in [2.45, 2.75) is 56.3 Å². The van der Waals surface area contributed by atoms with Crippen LogP contribution in [0.1, 0.15) is 84.7 Å². The topological polar surface area (TPSA) is 19.0 Å². The summed E-state index contributed by atoms with van der Waals surface area (Å²) in [5.74, 6) is 0. The predicted octanol–water partition coefficient (Wildman–Crippen LogP) is 20.7. The quantitative estimate of drug-likeness (QED) is 0.143. The highest BCUT2D eigenvalue weighted by molar-refractivity contribution is 6.08. The number of rotatable bonds is 9. The van der Waals surface area contributed by atoms with Crippen LogP contribution in [0.4, 0.5) is 17.1 Å². The lowest BCUT2D eigenvalue weighted by Crippen LogP contribution is -2.49. The normalized spacial score (nSPS) is 15.7. The molecular weight excluding hydrogens is 977 g/mol. The van der Waals surface area contributed by atoms with Crippen LogP contribution in [0.15, 0.2) is 279 Å². The second-order valence-corrected chi connectivity index (χ2v) is 24.1. The van der Waals surface area contributed by atoms with Gasteiger partial charge in [-0.2, -0.15) is 0 Å². The summed E-state index contributed by atoms with van der Waals surface area (Å²) >= 11 is 0. The highest BCUT2D eigenvalue weighted by atomic mass is 15.1. The molecule has 1 aromatic heterocycles. The van der Waals surface area contributed by atoms with Crippen molar-refractivity contribution in [3.05, 3.63) is 329 Å². The van der Waals surface area contributed by atoms with Gasteiger partial charge in [0.1, 0.15) is 0 Å². The van der Waals surface area contributed by atoms with Gasteiger partial charge in [-0.05, 0) is 171 Å². The van der Waals surface area contributed by atoms with Gasteiger partial charge in [0.2, 0.25) is 0 Å². The van der Waals surface area contributed by atoms with Gasteiger partial charge in [-0.15, -0.1) is 0 Å². The number of fused-ring (bicyclic) bond motifs is 7. The van der Waals surface area contributed by atoms with E-state index in [9.17, 15) is 0 Å². The minimum absolute atomic E-state index is 0.00111. The summed E-state index contributed by atoms with van der Waals surface area (Å²) in [5.41, 5.74) is 15.4. The molecule has 388 valence electrons. The molecule has 14 aromatic rings. The summed E-state index contributed by atoms with van der Waals surface area (Å²) in [4.78, 5) is 6.23. The molecule has 0 fully saturated rings. The van der Waals surface area contributed by atoms with Crippen LogP contribution in [0.3, 0.4) is 0 Å². The fraction of sp³-hybridized carbons (Fsp3) is 0.114. The molecule has 2 unspecified atom stereocenters. The van der Waals surface area contributed by atoms with Gasteiger partial charge in [-0.1, -0.05) is 241 Å². The van der Waals surface area contributed by atoms with Crippen LogP contribution in [0, 0.1) is 0 Å². The van der Waals surface area contributed by atoms with Crippen molar-refractivity contribution in [1.82, 2.24) is 4.98 Å². The van der Waals surface area contributed by atoms with Crippen molar-refractivity contribution in [1.29, 1.82) is 0 Å². The van der Waals surface area contributed by atoms with E-state index in [0.717, 1.165) is 28.1 Å². The number of nitrogens with zero attached hydrogens (tertiary/aromatic N) is 1. The first-order valence-corrected chi connectivity index (χ1v) is 28.6. The van der Waals surface area contributed by atoms with Crippen molar-refractivity contribution < 1.29 is 0 Å². The van der Waals surface area contributed by atoms with E-state index in [2.05, 4.69) is 324 Å². The Morgan fingerprint density at radius 3 is 1.51 bits per heavy atom. The lowest BCUT2D eigenvalue weighted by Gasteiger charge is -2.52. The fourth-order valence-corrected chi connectivity index (χ4v) is 14.6. The number of H-pyrrole nitrogens is 1. The van der Waals surface area contributed by atoms with Gasteiger partial charge in [-0.25, -0.2) is 0 Å². The van der Waals surface area contributed by atoms with Crippen molar-refractivity contribution in [2.24, 2.45) is 0 Å². The number of nitrogens with one attached hydrogen (secondary N) is 1. The Hall–Kier alpha value is -9.50. The molecule has 2 nitrogen and oxygen atoms in total. The Bertz CT molecular complexity index is 4760. The maximum atomic E-state index is 3.80. The molecule has 2 heteroatoms. The van der Waals surface area contributed by atoms with E-state index in [1.807, 2.05) is 0 Å². The van der Waals surface area contributed by atoms with Crippen molar-refractivity contribution >= 4 is 82.0 Å². The smallest absolute Gasteiger partial charge is 0.0708 e. The molecule has 0 saturated carbocycles. The molecule has 0 saturated heterocycles. The second-order valence-electron chi connectivity index (χ2n) is 24.1. The van der Waals surface area contributed by atoms with Crippen LogP contribution in [0.25, 0.3) is 64.9 Å². The maximum Gasteiger partial charge on any atom is 0.0708 e. The number of benzene rings is 13. The highest BCUT2D eigenvalue weighted by Gasteiger charge is 2.53. The first kappa shape index (κ1) is 48.6. The van der Waals surface area contributed by atoms with Crippen LogP contribution in [0.2, 0.25) is 0 Å². The summed E-state index contributed by atoms with van der Waals surface area (Å²) < 4.78 is 0. The van der Waals surface area contributed by atoms with Crippen LogP contribution in [0.5, 0.6) is 0 Å². The van der Waals surface area contributed by atoms with E-state index < -0.39 is 10.8 Å². The average Bonchev–Trinajstić information content (AvgIpc) is 4.06. The molecule has 1 aliphatic rings. The summed E-state index contributed by atoms with van der Waals surface area (Å²) in [6, 6.07) is 106. The van der Waals surface area contributed by atoms with Gasteiger partial charge in [-0.3, -0.25) is 0 Å². The zero-order valence-corrected chi connectivity index (χ0v) is 46.5. The van der Waals surface area contributed by atoms with E-state index in [-0.39, 0.29) is 10.8 Å². The largest absolute Gasteiger partial charge is 0.355 e. The number of aromatic amines is 1. The van der Waals surface area contributed by atoms with Gasteiger partial charge in [0.25, 0.3) is 0 Å². The minimum Gasteiger partial charge on any atom is -0.355 e. The van der Waals surface area contributed by atoms with Crippen molar-refractivity contribution in [3.63, 3.8) is 0 Å². The number of aromatic nitrogens is 1. The van der Waals surface area contributed by atoms with Gasteiger partial charge >= 0.3 is 0 Å². The number of anilines is 3. The standard InChI is InChI=1S/C79H62N2/c1-76(2,3)59-40-46-74-69(49-59)70-50-61(41-47-75(70)80-74)78(60-34-32-52-18-9-10-21-56(52)48-60,72-30-16-22-53-19-11-13-27-66(53)72)57-36-42-64(43-37-57)81(63-25-7-6-8-26-63)65-44-38-58(39-45-65)79(73-31-17-23-54-20-12-14-28-67(54)73)62-35-33-55-24-15-29-71(68(55)51-62)77(79,4)5/h6-51,80H,1-5H3. The molecular formula is C79H62N2. The molecule has 0 amide bonds. The van der Waals surface area contributed by atoms with Gasteiger partial charge in [0.05, 0.1) is 10.8 Å². The zero-order valence-electron chi connectivity index (χ0n) is 46.5. The molecule has 0 spiro atoms. The Morgan fingerprint density at radius 2 is 0.802 bits per heavy atom. The Balaban J connectivity index is 0.944. The van der Waals surface area contributed by atoms with Gasteiger partial charge in [0, 0.05) is 44.3 Å². The molecule has 1 heterocycles. The molecule has 2 atom stereocenters. The number of hydrogen-bond donors (Lipinski definition) is 1. The monoisotopic (exact) mass is 1040 g/mol. The van der Waals surface area contributed by atoms with E-state index >= 15 is 0 Å². The first-order chi connectivity index (χ1) is 39.5. The zero-order chi connectivity index (χ0) is 54.7. The van der Waals surface area contributed by atoms with Crippen molar-refractivity contribution in [2.75, 3.05) is 4.90 Å². The molecule has 81 heavy (non-hydrogen) atoms. The molecule has 13 aromatic carbocycles. The van der Waals surface area contributed by atoms with Crippen LogP contribution in [-0.2, 0) is 21.7 Å². The Morgan fingerprint density at radius 1 is 0.321 bits per heavy atom. The first-order valence-electron chi connectivity index (χ1n) is 28.6. The van der Waals surface area contributed by atoms with E-state index in [4.69, 9.17) is 0 Å². The Kier molecular flexibility index (Phi) is 11.0. The third kappa shape index (κ3) is 7.33. The number of para-hydroxylation sites is 1. The van der Waals surface area contributed by atoms with Gasteiger partial charge in [0.15, 0.2) is 0 Å². The Labute approximate surface area is 474 Å². The third-order valence-corrected chi connectivity index (χ3v) is 18.5. The lowest BCUT2D eigenvalue weighted by atomic mass is 9.50. The molecule has 1 N–H and O–H groups in total. The maximum absolute atomic E-state index is 3.80. The second kappa shape index (κ2) is 18.3. The molecule has 0 aliphatic heterocycles. The molecule has 1 aliphatic carbocycles. The third-order valence-electron chi connectivity index (χ3n) is 18.5. The lowest BCUT2D eigenvalue weighted by molar-refractivity contribution is 0.358. The van der Waals surface area contributed by atoms with Crippen LogP contribution < -0.4 is 4.90 Å². The SMILES string of the molecule is CC(C)(C)c1ccc2[nH]c3ccc(C(c4ccc(N(c5ccccc5)c5ccc(C6(c7cccc8ccccc78)c7ccc8cccc(c8c7)C6(C)C)cc5)cc4)(c4ccc5ccccc5c4)c4cccc5ccccc45)cc3c2c1. The van der Waals surface area contributed by atoms with Crippen LogP contribution >= 0.6 is 0 Å². The predicted molar refractivity (Wildman–Crippen MR) is 343 cm³/mol. The highest BCUT2D eigenvalue weighted by Crippen LogP contribution is 2.59. The summed E-state index contributed by atoms with van der Waals surface area (Å²) in [5, 5.41) is 12.5. The van der Waals surface area contributed by atoms with Crippen LogP contribution in [-0.4, -0.2) is 4.98 Å². The molecule has 15 rings (SSSR count). The average molecular weight is 1040 g/mol. The van der Waals surface area contributed by atoms with E-state index in [0.29, 0.717) is 0 Å². The number of hydrogen-bond acceptors (Lipinski definition) is 1. The fourth-order valence-electron chi connectivity index (χ4n) is 14.6. The molecule has 2 bridgehead atoms. The van der Waals surface area contributed by atoms with Crippen molar-refractivity contribution in [3.8, 4) is 0 Å². The summed E-state index contributed by atoms with van der Waals surface area (Å²) in [7, 11) is 0. The summed E-state index contributed by atoms with van der Waals surface area (Å²) in [6.45, 7) is 11.8. The van der Waals surface area contributed by atoms with E-state index in [1.54, 1.807) is 0 Å². The van der Waals surface area contributed by atoms with E-state index in [1.165, 1.54) is 104 Å². The minimum atomic E-state index is -0.758. The summed E-state index contributed by atoms with van der Waals surface area (Å²) in [6.07, 6.45) is 0. The molecule has 0 radical (unpaired) electrons. The van der Waals surface area contributed by atoms with Gasteiger partial charge < -0.3 is 9.88 Å².